The fraction of sp³-hybridized carbons (Fsp3) is 0.588. The van der Waals surface area contributed by atoms with Gasteiger partial charge in [0.15, 0.2) is 5.76 Å². The van der Waals surface area contributed by atoms with Gasteiger partial charge in [0, 0.05) is 40.2 Å². The highest BCUT2D eigenvalue weighted by Gasteiger charge is 2.33. The minimum atomic E-state index is -0.340. The van der Waals surface area contributed by atoms with Crippen LogP contribution in [-0.2, 0) is 16.1 Å². The summed E-state index contributed by atoms with van der Waals surface area (Å²) in [7, 11) is 7.18. The molecule has 0 saturated carbocycles. The largest absolute Gasteiger partial charge is 0.454 e. The molecule has 1 saturated heterocycles. The molecule has 2 rings (SSSR count). The van der Waals surface area contributed by atoms with E-state index in [4.69, 9.17) is 4.42 Å². The van der Waals surface area contributed by atoms with Crippen LogP contribution in [-0.4, -0.2) is 80.2 Å². The van der Waals surface area contributed by atoms with Crippen LogP contribution in [0.25, 0.3) is 0 Å². The Morgan fingerprint density at radius 1 is 1.28 bits per heavy atom. The molecule has 2 heterocycles. The van der Waals surface area contributed by atoms with E-state index >= 15 is 0 Å². The van der Waals surface area contributed by atoms with Gasteiger partial charge >= 0.3 is 0 Å². The number of hydrogen-bond acceptors (Lipinski definition) is 5. The lowest BCUT2D eigenvalue weighted by atomic mass is 10.1. The van der Waals surface area contributed by atoms with Gasteiger partial charge in [-0.15, -0.1) is 0 Å². The summed E-state index contributed by atoms with van der Waals surface area (Å²) in [4.78, 5) is 41.2. The Labute approximate surface area is 147 Å². The van der Waals surface area contributed by atoms with Gasteiger partial charge in [0.1, 0.15) is 5.76 Å². The summed E-state index contributed by atoms with van der Waals surface area (Å²) in [5.41, 5.74) is 0. The molecule has 1 aromatic heterocycles. The van der Waals surface area contributed by atoms with Gasteiger partial charge in [0.25, 0.3) is 5.91 Å². The Morgan fingerprint density at radius 2 is 2.00 bits per heavy atom. The van der Waals surface area contributed by atoms with Crippen LogP contribution >= 0.6 is 0 Å². The van der Waals surface area contributed by atoms with Crippen LogP contribution in [0.3, 0.4) is 0 Å². The highest BCUT2D eigenvalue weighted by atomic mass is 16.4. The number of nitrogens with one attached hydrogen (secondary N) is 1. The Balaban J connectivity index is 1.83. The van der Waals surface area contributed by atoms with E-state index in [0.29, 0.717) is 18.8 Å². The molecule has 0 aromatic carbocycles. The van der Waals surface area contributed by atoms with Crippen molar-refractivity contribution in [1.29, 1.82) is 0 Å². The molecule has 0 radical (unpaired) electrons. The summed E-state index contributed by atoms with van der Waals surface area (Å²) >= 11 is 0. The maximum absolute atomic E-state index is 12.3. The first-order chi connectivity index (χ1) is 11.8. The molecule has 1 aliphatic heterocycles. The monoisotopic (exact) mass is 350 g/mol. The molecule has 1 aliphatic rings. The van der Waals surface area contributed by atoms with Crippen LogP contribution in [0.1, 0.15) is 22.7 Å². The molecule has 138 valence electrons. The average Bonchev–Trinajstić information content (AvgIpc) is 3.16. The van der Waals surface area contributed by atoms with Crippen LogP contribution in [0.4, 0.5) is 0 Å². The third kappa shape index (κ3) is 5.06. The van der Waals surface area contributed by atoms with Crippen molar-refractivity contribution in [3.8, 4) is 0 Å². The second-order valence-electron chi connectivity index (χ2n) is 6.73. The molecule has 8 nitrogen and oxygen atoms in total. The number of carbonyl (C=O) groups is 3. The minimum absolute atomic E-state index is 0.0128. The zero-order valence-corrected chi connectivity index (χ0v) is 15.2. The summed E-state index contributed by atoms with van der Waals surface area (Å²) in [5.74, 6) is 0.0203. The van der Waals surface area contributed by atoms with Crippen LogP contribution in [0.5, 0.6) is 0 Å². The van der Waals surface area contributed by atoms with Gasteiger partial charge in [0.2, 0.25) is 11.8 Å². The molecular weight excluding hydrogens is 324 g/mol. The highest BCUT2D eigenvalue weighted by molar-refractivity contribution is 5.91. The van der Waals surface area contributed by atoms with Gasteiger partial charge in [-0.05, 0) is 26.2 Å². The van der Waals surface area contributed by atoms with Crippen molar-refractivity contribution >= 4 is 17.7 Å². The number of rotatable bonds is 7. The molecule has 0 spiro atoms. The Morgan fingerprint density at radius 3 is 2.64 bits per heavy atom. The lowest BCUT2D eigenvalue weighted by molar-refractivity contribution is -0.129. The average molecular weight is 350 g/mol. The van der Waals surface area contributed by atoms with Crippen molar-refractivity contribution in [3.63, 3.8) is 0 Å². The van der Waals surface area contributed by atoms with Gasteiger partial charge in [-0.25, -0.2) is 0 Å². The lowest BCUT2D eigenvalue weighted by Crippen LogP contribution is -2.35. The van der Waals surface area contributed by atoms with Crippen LogP contribution in [0.2, 0.25) is 0 Å². The summed E-state index contributed by atoms with van der Waals surface area (Å²) in [5, 5.41) is 2.78. The summed E-state index contributed by atoms with van der Waals surface area (Å²) in [6.45, 7) is 2.04. The molecule has 1 N–H and O–H groups in total. The predicted molar refractivity (Wildman–Crippen MR) is 91.8 cm³/mol. The number of likely N-dealkylation sites (N-methyl/N-ethyl adjacent to an activating group) is 1. The van der Waals surface area contributed by atoms with E-state index in [1.165, 1.54) is 4.90 Å². The Bertz CT molecular complexity index is 638. The first kappa shape index (κ1) is 19.0. The van der Waals surface area contributed by atoms with E-state index in [1.54, 1.807) is 31.1 Å². The van der Waals surface area contributed by atoms with Crippen molar-refractivity contribution in [3.05, 3.63) is 23.7 Å². The molecule has 25 heavy (non-hydrogen) atoms. The molecule has 1 fully saturated rings. The molecule has 8 heteroatoms. The molecule has 0 bridgehead atoms. The van der Waals surface area contributed by atoms with E-state index < -0.39 is 0 Å². The predicted octanol–water partition coefficient (Wildman–Crippen LogP) is 0.00770. The standard InChI is InChI=1S/C17H26N4O4/c1-19(2)7-8-21-11-12(9-15(21)22)16(23)18-10-13-5-6-14(25-13)17(24)20(3)4/h5-6,12H,7-11H2,1-4H3,(H,18,23)/t12-/m0/s1. The van der Waals surface area contributed by atoms with E-state index in [1.807, 2.05) is 19.0 Å². The van der Waals surface area contributed by atoms with E-state index in [0.717, 1.165) is 6.54 Å². The fourth-order valence-corrected chi connectivity index (χ4v) is 2.61. The van der Waals surface area contributed by atoms with Crippen molar-refractivity contribution in [2.75, 3.05) is 47.8 Å². The van der Waals surface area contributed by atoms with Crippen molar-refractivity contribution in [2.45, 2.75) is 13.0 Å². The van der Waals surface area contributed by atoms with Gasteiger partial charge in [-0.1, -0.05) is 0 Å². The third-order valence-electron chi connectivity index (χ3n) is 4.12. The SMILES string of the molecule is CN(C)CCN1C[C@@H](C(=O)NCc2ccc(C(=O)N(C)C)o2)CC1=O. The topological polar surface area (TPSA) is 86.1 Å². The number of hydrogen-bond donors (Lipinski definition) is 1. The number of amides is 3. The smallest absolute Gasteiger partial charge is 0.289 e. The normalized spacial score (nSPS) is 17.2. The van der Waals surface area contributed by atoms with Crippen molar-refractivity contribution in [1.82, 2.24) is 20.0 Å². The second kappa shape index (κ2) is 8.15. The Hall–Kier alpha value is -2.35. The van der Waals surface area contributed by atoms with Crippen LogP contribution < -0.4 is 5.32 Å². The van der Waals surface area contributed by atoms with E-state index in [2.05, 4.69) is 5.32 Å². The van der Waals surface area contributed by atoms with Gasteiger partial charge < -0.3 is 24.4 Å². The summed E-state index contributed by atoms with van der Waals surface area (Å²) < 4.78 is 5.44. The Kier molecular flexibility index (Phi) is 6.19. The molecule has 0 aliphatic carbocycles. The summed E-state index contributed by atoms with van der Waals surface area (Å²) in [6, 6.07) is 3.26. The second-order valence-corrected chi connectivity index (χ2v) is 6.73. The van der Waals surface area contributed by atoms with Crippen molar-refractivity contribution < 1.29 is 18.8 Å². The van der Waals surface area contributed by atoms with Crippen LogP contribution in [0, 0.1) is 5.92 Å². The zero-order chi connectivity index (χ0) is 18.6. The fourth-order valence-electron chi connectivity index (χ4n) is 2.61. The van der Waals surface area contributed by atoms with Gasteiger partial charge in [-0.3, -0.25) is 14.4 Å². The third-order valence-corrected chi connectivity index (χ3v) is 4.12. The molecular formula is C17H26N4O4. The number of carbonyl (C=O) groups excluding carboxylic acids is 3. The number of likely N-dealkylation sites (tertiary alicyclic amines) is 1. The van der Waals surface area contributed by atoms with Crippen molar-refractivity contribution in [2.24, 2.45) is 5.92 Å². The van der Waals surface area contributed by atoms with E-state index in [9.17, 15) is 14.4 Å². The molecule has 3 amide bonds. The molecule has 0 unspecified atom stereocenters. The van der Waals surface area contributed by atoms with Gasteiger partial charge in [-0.2, -0.15) is 0 Å². The lowest BCUT2D eigenvalue weighted by Gasteiger charge is -2.19. The summed E-state index contributed by atoms with van der Waals surface area (Å²) in [6.07, 6.45) is 0.238. The maximum Gasteiger partial charge on any atom is 0.289 e. The van der Waals surface area contributed by atoms with Crippen LogP contribution in [0.15, 0.2) is 16.5 Å². The number of nitrogens with zero attached hydrogens (tertiary/aromatic N) is 3. The molecule has 1 aromatic rings. The first-order valence-corrected chi connectivity index (χ1v) is 8.28. The minimum Gasteiger partial charge on any atom is -0.454 e. The zero-order valence-electron chi connectivity index (χ0n) is 15.2. The number of furan rings is 1. The maximum atomic E-state index is 12.3. The van der Waals surface area contributed by atoms with Gasteiger partial charge in [0.05, 0.1) is 12.5 Å². The van der Waals surface area contributed by atoms with E-state index in [-0.39, 0.29) is 42.4 Å². The highest BCUT2D eigenvalue weighted by Crippen LogP contribution is 2.18. The quantitative estimate of drug-likeness (QED) is 0.749. The first-order valence-electron chi connectivity index (χ1n) is 8.28. The molecule has 1 atom stereocenters.